The Kier molecular flexibility index (Phi) is 7.47. The fourth-order valence-corrected chi connectivity index (χ4v) is 2.44. The summed E-state index contributed by atoms with van der Waals surface area (Å²) in [6.07, 6.45) is 4.69. The quantitative estimate of drug-likeness (QED) is 0.717. The van der Waals surface area contributed by atoms with Gasteiger partial charge in [-0.05, 0) is 54.6 Å². The minimum Gasteiger partial charge on any atom is -0.385 e. The lowest BCUT2D eigenvalue weighted by atomic mass is 10.1. The zero-order valence-corrected chi connectivity index (χ0v) is 11.2. The molecule has 1 N–H and O–H groups in total. The van der Waals surface area contributed by atoms with Crippen LogP contribution in [0.25, 0.3) is 0 Å². The molecule has 0 fully saturated rings. The first kappa shape index (κ1) is 13.7. The fraction of sp³-hybridized carbons (Fsp3) is 0.692. The van der Waals surface area contributed by atoms with E-state index in [1.165, 1.54) is 24.8 Å². The molecule has 1 unspecified atom stereocenters. The summed E-state index contributed by atoms with van der Waals surface area (Å²) in [4.78, 5) is 0. The predicted octanol–water partition coefficient (Wildman–Crippen LogP) is 3.09. The minimum atomic E-state index is 0.597. The van der Waals surface area contributed by atoms with E-state index in [0.717, 1.165) is 19.6 Å². The van der Waals surface area contributed by atoms with Gasteiger partial charge >= 0.3 is 0 Å². The highest BCUT2D eigenvalue weighted by molar-refractivity contribution is 7.07. The molecule has 0 aliphatic heterocycles. The Morgan fingerprint density at radius 3 is 2.94 bits per heavy atom. The molecule has 16 heavy (non-hydrogen) atoms. The van der Waals surface area contributed by atoms with Gasteiger partial charge in [0.15, 0.2) is 0 Å². The topological polar surface area (TPSA) is 21.3 Å². The highest BCUT2D eigenvalue weighted by Gasteiger charge is 2.07. The van der Waals surface area contributed by atoms with Crippen molar-refractivity contribution in [1.29, 1.82) is 0 Å². The molecule has 2 nitrogen and oxygen atoms in total. The second-order valence-corrected chi connectivity index (χ2v) is 4.88. The molecular formula is C13H23NOS. The standard InChI is InChI=1S/C13H23NOS/c1-3-8-14-13(6-9-15-2)5-4-12-7-10-16-11-12/h7,10-11,13-14H,3-6,8-9H2,1-2H3. The van der Waals surface area contributed by atoms with Gasteiger partial charge in [-0.15, -0.1) is 0 Å². The second-order valence-electron chi connectivity index (χ2n) is 4.10. The molecule has 1 heterocycles. The number of nitrogens with one attached hydrogen (secondary N) is 1. The largest absolute Gasteiger partial charge is 0.385 e. The van der Waals surface area contributed by atoms with Crippen LogP contribution in [0.3, 0.4) is 0 Å². The third-order valence-electron chi connectivity index (χ3n) is 2.72. The van der Waals surface area contributed by atoms with Gasteiger partial charge in [-0.1, -0.05) is 6.92 Å². The van der Waals surface area contributed by atoms with Gasteiger partial charge < -0.3 is 10.1 Å². The molecule has 0 radical (unpaired) electrons. The summed E-state index contributed by atoms with van der Waals surface area (Å²) >= 11 is 1.78. The molecule has 0 bridgehead atoms. The maximum Gasteiger partial charge on any atom is 0.0477 e. The predicted molar refractivity (Wildman–Crippen MR) is 71.2 cm³/mol. The Hall–Kier alpha value is -0.380. The summed E-state index contributed by atoms with van der Waals surface area (Å²) in [5, 5.41) is 7.99. The van der Waals surface area contributed by atoms with Crippen LogP contribution in [0.15, 0.2) is 16.8 Å². The molecular weight excluding hydrogens is 218 g/mol. The molecule has 1 atom stereocenters. The second kappa shape index (κ2) is 8.74. The van der Waals surface area contributed by atoms with E-state index in [9.17, 15) is 0 Å². The Balaban J connectivity index is 2.25. The van der Waals surface area contributed by atoms with Crippen molar-refractivity contribution in [3.05, 3.63) is 22.4 Å². The SMILES string of the molecule is CCCNC(CCOC)CCc1ccsc1. The molecule has 0 saturated heterocycles. The average Bonchev–Trinajstić information content (AvgIpc) is 2.81. The summed E-state index contributed by atoms with van der Waals surface area (Å²) in [6, 6.07) is 2.82. The van der Waals surface area contributed by atoms with Gasteiger partial charge in [0.2, 0.25) is 0 Å². The number of ether oxygens (including phenoxy) is 1. The highest BCUT2D eigenvalue weighted by Crippen LogP contribution is 2.11. The summed E-state index contributed by atoms with van der Waals surface area (Å²) in [5.74, 6) is 0. The van der Waals surface area contributed by atoms with Crippen molar-refractivity contribution in [2.24, 2.45) is 0 Å². The summed E-state index contributed by atoms with van der Waals surface area (Å²) < 4.78 is 5.15. The van der Waals surface area contributed by atoms with Crippen LogP contribution < -0.4 is 5.32 Å². The number of hydrogen-bond acceptors (Lipinski definition) is 3. The van der Waals surface area contributed by atoms with Gasteiger partial charge in [0.25, 0.3) is 0 Å². The molecule has 3 heteroatoms. The molecule has 0 spiro atoms. The fourth-order valence-electron chi connectivity index (χ4n) is 1.73. The monoisotopic (exact) mass is 241 g/mol. The first-order valence-electron chi connectivity index (χ1n) is 6.10. The minimum absolute atomic E-state index is 0.597. The molecule has 1 aromatic heterocycles. The molecule has 0 aromatic carbocycles. The Morgan fingerprint density at radius 2 is 2.31 bits per heavy atom. The molecule has 0 amide bonds. The van der Waals surface area contributed by atoms with Crippen LogP contribution in [0.1, 0.15) is 31.7 Å². The van der Waals surface area contributed by atoms with Crippen molar-refractivity contribution in [1.82, 2.24) is 5.32 Å². The van der Waals surface area contributed by atoms with Gasteiger partial charge in [0, 0.05) is 19.8 Å². The normalized spacial score (nSPS) is 12.9. The Morgan fingerprint density at radius 1 is 1.44 bits per heavy atom. The van der Waals surface area contributed by atoms with Crippen LogP contribution >= 0.6 is 11.3 Å². The summed E-state index contributed by atoms with van der Waals surface area (Å²) in [6.45, 7) is 4.17. The van der Waals surface area contributed by atoms with Gasteiger partial charge in [0.05, 0.1) is 0 Å². The van der Waals surface area contributed by atoms with Gasteiger partial charge in [-0.3, -0.25) is 0 Å². The summed E-state index contributed by atoms with van der Waals surface area (Å²) in [5.41, 5.74) is 1.46. The van der Waals surface area contributed by atoms with Crippen LogP contribution in [0.4, 0.5) is 0 Å². The molecule has 1 aromatic rings. The summed E-state index contributed by atoms with van der Waals surface area (Å²) in [7, 11) is 1.77. The smallest absolute Gasteiger partial charge is 0.0477 e. The maximum atomic E-state index is 5.15. The Labute approximate surface area is 103 Å². The van der Waals surface area contributed by atoms with Crippen molar-refractivity contribution < 1.29 is 4.74 Å². The van der Waals surface area contributed by atoms with Crippen molar-refractivity contribution in [2.45, 2.75) is 38.6 Å². The van der Waals surface area contributed by atoms with Gasteiger partial charge in [0.1, 0.15) is 0 Å². The van der Waals surface area contributed by atoms with E-state index in [-0.39, 0.29) is 0 Å². The molecule has 92 valence electrons. The maximum absolute atomic E-state index is 5.15. The van der Waals surface area contributed by atoms with E-state index in [1.807, 2.05) is 0 Å². The van der Waals surface area contributed by atoms with Gasteiger partial charge in [-0.25, -0.2) is 0 Å². The lowest BCUT2D eigenvalue weighted by molar-refractivity contribution is 0.181. The van der Waals surface area contributed by atoms with Crippen molar-refractivity contribution in [2.75, 3.05) is 20.3 Å². The average molecular weight is 241 g/mol. The third kappa shape index (κ3) is 5.64. The first-order chi connectivity index (χ1) is 7.86. The number of methoxy groups -OCH3 is 1. The molecule has 1 rings (SSSR count). The van der Waals surface area contributed by atoms with Crippen molar-refractivity contribution >= 4 is 11.3 Å². The van der Waals surface area contributed by atoms with Crippen LogP contribution in [0, 0.1) is 0 Å². The lowest BCUT2D eigenvalue weighted by Gasteiger charge is -2.17. The van der Waals surface area contributed by atoms with Crippen LogP contribution in [0.5, 0.6) is 0 Å². The number of hydrogen-bond donors (Lipinski definition) is 1. The van der Waals surface area contributed by atoms with Crippen molar-refractivity contribution in [3.63, 3.8) is 0 Å². The van der Waals surface area contributed by atoms with E-state index < -0.39 is 0 Å². The van der Waals surface area contributed by atoms with E-state index >= 15 is 0 Å². The molecule has 0 aliphatic carbocycles. The number of rotatable bonds is 9. The zero-order chi connectivity index (χ0) is 11.6. The van der Waals surface area contributed by atoms with Crippen LogP contribution in [0.2, 0.25) is 0 Å². The molecule has 0 aliphatic rings. The van der Waals surface area contributed by atoms with E-state index in [4.69, 9.17) is 4.74 Å². The van der Waals surface area contributed by atoms with E-state index in [2.05, 4.69) is 29.1 Å². The van der Waals surface area contributed by atoms with E-state index in [1.54, 1.807) is 18.4 Å². The van der Waals surface area contributed by atoms with Gasteiger partial charge in [-0.2, -0.15) is 11.3 Å². The van der Waals surface area contributed by atoms with Crippen molar-refractivity contribution in [3.8, 4) is 0 Å². The van der Waals surface area contributed by atoms with Crippen LogP contribution in [-0.2, 0) is 11.2 Å². The first-order valence-corrected chi connectivity index (χ1v) is 7.04. The molecule has 0 saturated carbocycles. The zero-order valence-electron chi connectivity index (χ0n) is 10.4. The highest BCUT2D eigenvalue weighted by atomic mass is 32.1. The number of aryl methyl sites for hydroxylation is 1. The Bertz CT molecular complexity index is 240. The van der Waals surface area contributed by atoms with Crippen LogP contribution in [-0.4, -0.2) is 26.3 Å². The number of thiophene rings is 1. The lowest BCUT2D eigenvalue weighted by Crippen LogP contribution is -2.31. The van der Waals surface area contributed by atoms with E-state index in [0.29, 0.717) is 6.04 Å². The third-order valence-corrected chi connectivity index (χ3v) is 3.45.